The molecule has 0 aliphatic heterocycles. The Morgan fingerprint density at radius 3 is 1.30 bits per heavy atom. The Labute approximate surface area is 276 Å². The third-order valence-electron chi connectivity index (χ3n) is 7.76. The van der Waals surface area contributed by atoms with Gasteiger partial charge in [0.05, 0.1) is 0 Å². The molecule has 0 aromatic rings. The van der Waals surface area contributed by atoms with E-state index in [1.165, 1.54) is 13.8 Å². The largest absolute Gasteiger partial charge is 0.511 e. The van der Waals surface area contributed by atoms with Gasteiger partial charge in [-0.3, -0.25) is 9.59 Å². The van der Waals surface area contributed by atoms with Crippen molar-refractivity contribution in [2.45, 2.75) is 117 Å². The van der Waals surface area contributed by atoms with Crippen LogP contribution in [0.25, 0.3) is 0 Å². The van der Waals surface area contributed by atoms with Crippen molar-refractivity contribution in [3.63, 3.8) is 0 Å². The Kier molecular flexibility index (Phi) is 13.9. The van der Waals surface area contributed by atoms with Crippen LogP contribution in [0.5, 0.6) is 0 Å². The topological polar surface area (TPSA) is 206 Å². The molecule has 16 nitrogen and oxygen atoms in total. The molecule has 4 N–H and O–H groups in total. The van der Waals surface area contributed by atoms with Gasteiger partial charge in [-0.1, -0.05) is 27.7 Å². The second kappa shape index (κ2) is 16.7. The van der Waals surface area contributed by atoms with Crippen molar-refractivity contribution in [3.05, 3.63) is 0 Å². The van der Waals surface area contributed by atoms with Gasteiger partial charge in [0, 0.05) is 37.0 Å². The van der Waals surface area contributed by atoms with Gasteiger partial charge in [0.2, 0.25) is 18.6 Å². The number of hydrogen-bond acceptors (Lipinski definition) is 12. The predicted octanol–water partition coefficient (Wildman–Crippen LogP) is 3.65. The molecule has 2 rings (SSSR count). The molecule has 2 aliphatic carbocycles. The summed E-state index contributed by atoms with van der Waals surface area (Å²) in [6, 6.07) is -0.480. The molecule has 0 spiro atoms. The Morgan fingerprint density at radius 2 is 0.894 bits per heavy atom. The van der Waals surface area contributed by atoms with Crippen LogP contribution in [0.4, 0.5) is 19.2 Å². The van der Waals surface area contributed by atoms with E-state index < -0.39 is 42.4 Å². The molecule has 0 radical (unpaired) electrons. The quantitative estimate of drug-likeness (QED) is 0.101. The minimum absolute atomic E-state index is 0.113. The predicted molar refractivity (Wildman–Crippen MR) is 166 cm³/mol. The molecule has 2 saturated carbocycles. The molecule has 47 heavy (non-hydrogen) atoms. The van der Waals surface area contributed by atoms with Crippen LogP contribution in [0.15, 0.2) is 0 Å². The number of alkyl carbamates (subject to hydrolysis) is 2. The Hall–Kier alpha value is -3.98. The summed E-state index contributed by atoms with van der Waals surface area (Å²) in [6.07, 6.45) is 0.282. The average molecular weight is 673 g/mol. The van der Waals surface area contributed by atoms with Crippen LogP contribution in [0, 0.1) is 10.8 Å². The molecular formula is C31H52N4O12. The van der Waals surface area contributed by atoms with Crippen molar-refractivity contribution in [1.82, 2.24) is 21.3 Å². The van der Waals surface area contributed by atoms with Gasteiger partial charge in [0.1, 0.15) is 26.4 Å². The van der Waals surface area contributed by atoms with Gasteiger partial charge in [-0.05, 0) is 63.2 Å². The lowest BCUT2D eigenvalue weighted by molar-refractivity contribution is -0.122. The normalized spacial score (nSPS) is 26.0. The zero-order valence-corrected chi connectivity index (χ0v) is 28.8. The van der Waals surface area contributed by atoms with E-state index in [1.807, 2.05) is 13.8 Å². The van der Waals surface area contributed by atoms with E-state index in [0.717, 1.165) is 12.8 Å². The van der Waals surface area contributed by atoms with Crippen molar-refractivity contribution < 1.29 is 57.2 Å². The van der Waals surface area contributed by atoms with Gasteiger partial charge < -0.3 is 49.7 Å². The molecule has 0 aromatic carbocycles. The van der Waals surface area contributed by atoms with Gasteiger partial charge in [-0.25, -0.2) is 19.2 Å². The Balaban J connectivity index is 1.55. The van der Waals surface area contributed by atoms with Crippen LogP contribution >= 0.6 is 0 Å². The number of nitrogens with one attached hydrogen (secondary N) is 4. The molecule has 0 bridgehead atoms. The first-order valence-electron chi connectivity index (χ1n) is 15.7. The smallest absolute Gasteiger partial charge is 0.446 e. The number of carbonyl (C=O) groups excluding carboxylic acids is 6. The standard InChI is InChI=1S/C31H52N4O12/c1-20(36)34-30(7)15-22(13-28(3,4)17-30)32-24(38)42-9-10-43-26(40)44-11-12-45-27(41)47-19-46-25(39)33-23-14-29(5,6)18-31(8,16-23)35-21(2)37/h22-23H,9-19H2,1-8H3,(H,32,38)(H,33,39)(H,34,36)(H,35,37). The minimum atomic E-state index is -1.15. The number of ether oxygens (including phenoxy) is 6. The summed E-state index contributed by atoms with van der Waals surface area (Å²) in [5.74, 6) is -0.288. The second-order valence-electron chi connectivity index (χ2n) is 14.5. The maximum Gasteiger partial charge on any atom is 0.511 e. The first kappa shape index (κ1) is 39.2. The van der Waals surface area contributed by atoms with Crippen LogP contribution in [0.1, 0.15) is 93.9 Å². The van der Waals surface area contributed by atoms with E-state index in [0.29, 0.717) is 25.7 Å². The van der Waals surface area contributed by atoms with Crippen LogP contribution in [0.3, 0.4) is 0 Å². The van der Waals surface area contributed by atoms with Gasteiger partial charge in [0.25, 0.3) is 0 Å². The lowest BCUT2D eigenvalue weighted by Crippen LogP contribution is -2.57. The van der Waals surface area contributed by atoms with Crippen LogP contribution < -0.4 is 21.3 Å². The van der Waals surface area contributed by atoms with Crippen molar-refractivity contribution in [2.75, 3.05) is 33.2 Å². The lowest BCUT2D eigenvalue weighted by Gasteiger charge is -2.46. The number of carbonyl (C=O) groups is 6. The summed E-state index contributed by atoms with van der Waals surface area (Å²) >= 11 is 0. The van der Waals surface area contributed by atoms with Crippen molar-refractivity contribution in [2.24, 2.45) is 10.8 Å². The summed E-state index contributed by atoms with van der Waals surface area (Å²) in [4.78, 5) is 71.2. The molecular weight excluding hydrogens is 620 g/mol. The molecule has 16 heteroatoms. The van der Waals surface area contributed by atoms with Crippen molar-refractivity contribution in [3.8, 4) is 0 Å². The van der Waals surface area contributed by atoms with E-state index in [2.05, 4.69) is 49.0 Å². The Bertz CT molecular complexity index is 1150. The molecule has 0 aromatic heterocycles. The van der Waals surface area contributed by atoms with Gasteiger partial charge in [-0.2, -0.15) is 0 Å². The summed E-state index contributed by atoms with van der Waals surface area (Å²) in [6.45, 7) is 13.2. The van der Waals surface area contributed by atoms with Crippen LogP contribution in [-0.4, -0.2) is 92.7 Å². The van der Waals surface area contributed by atoms with E-state index in [4.69, 9.17) is 28.4 Å². The second-order valence-corrected chi connectivity index (χ2v) is 14.5. The highest BCUT2D eigenvalue weighted by Gasteiger charge is 2.43. The first-order valence-corrected chi connectivity index (χ1v) is 15.7. The zero-order valence-electron chi connectivity index (χ0n) is 28.8. The summed E-state index contributed by atoms with van der Waals surface area (Å²) in [7, 11) is 0. The number of amides is 4. The molecule has 2 aliphatic rings. The lowest BCUT2D eigenvalue weighted by atomic mass is 9.66. The summed E-state index contributed by atoms with van der Waals surface area (Å²) in [5.41, 5.74) is -1.20. The van der Waals surface area contributed by atoms with Gasteiger partial charge in [0.15, 0.2) is 0 Å². The fourth-order valence-corrected chi connectivity index (χ4v) is 7.35. The van der Waals surface area contributed by atoms with Crippen LogP contribution in [0.2, 0.25) is 0 Å². The SMILES string of the molecule is CC(=O)NC1(C)CC(NC(=O)OCCOC(=O)OCCOC(=O)OCOC(=O)NC2CC(C)(C)CC(C)(NC(C)=O)C2)CC(C)(C)C1. The maximum absolute atomic E-state index is 12.3. The fourth-order valence-electron chi connectivity index (χ4n) is 7.35. The number of hydrogen-bond donors (Lipinski definition) is 4. The highest BCUT2D eigenvalue weighted by Crippen LogP contribution is 2.42. The third kappa shape index (κ3) is 15.4. The van der Waals surface area contributed by atoms with Crippen LogP contribution in [-0.2, 0) is 38.0 Å². The number of rotatable bonds is 12. The molecule has 268 valence electrons. The van der Waals surface area contributed by atoms with Gasteiger partial charge in [-0.15, -0.1) is 0 Å². The molecule has 4 unspecified atom stereocenters. The molecule has 4 atom stereocenters. The summed E-state index contributed by atoms with van der Waals surface area (Å²) in [5, 5.41) is 11.5. The zero-order chi connectivity index (χ0) is 35.5. The van der Waals surface area contributed by atoms with Crippen molar-refractivity contribution in [1.29, 1.82) is 0 Å². The first-order chi connectivity index (χ1) is 21.7. The van der Waals surface area contributed by atoms with E-state index in [9.17, 15) is 28.8 Å². The van der Waals surface area contributed by atoms with Gasteiger partial charge >= 0.3 is 24.5 Å². The monoisotopic (exact) mass is 672 g/mol. The fraction of sp³-hybridized carbons (Fsp3) is 0.806. The highest BCUT2D eigenvalue weighted by atomic mass is 16.8. The van der Waals surface area contributed by atoms with Crippen molar-refractivity contribution >= 4 is 36.3 Å². The van der Waals surface area contributed by atoms with E-state index in [-0.39, 0.29) is 61.2 Å². The summed E-state index contributed by atoms with van der Waals surface area (Å²) < 4.78 is 29.0. The molecule has 4 amide bonds. The third-order valence-corrected chi connectivity index (χ3v) is 7.76. The Morgan fingerprint density at radius 1 is 0.532 bits per heavy atom. The highest BCUT2D eigenvalue weighted by molar-refractivity contribution is 5.74. The maximum atomic E-state index is 12.3. The minimum Gasteiger partial charge on any atom is -0.446 e. The molecule has 0 saturated heterocycles. The van der Waals surface area contributed by atoms with E-state index in [1.54, 1.807) is 0 Å². The van der Waals surface area contributed by atoms with E-state index >= 15 is 0 Å². The molecule has 2 fully saturated rings. The average Bonchev–Trinajstić information content (AvgIpc) is 2.85. The molecule has 0 heterocycles.